The quantitative estimate of drug-likeness (QED) is 0.0159. The summed E-state index contributed by atoms with van der Waals surface area (Å²) >= 11 is 0. The van der Waals surface area contributed by atoms with Crippen LogP contribution >= 0.6 is 7.82 Å². The van der Waals surface area contributed by atoms with Crippen LogP contribution < -0.4 is 4.89 Å². The highest BCUT2D eigenvalue weighted by Crippen LogP contribution is 2.38. The van der Waals surface area contributed by atoms with Crippen LogP contribution in [0.5, 0.6) is 0 Å². The van der Waals surface area contributed by atoms with Gasteiger partial charge in [0.05, 0.1) is 33.9 Å². The van der Waals surface area contributed by atoms with Crippen molar-refractivity contribution < 1.29 is 47.2 Å². The number of rotatable bonds is 41. The van der Waals surface area contributed by atoms with Gasteiger partial charge in [-0.2, -0.15) is 0 Å². The molecular formula is C48H86NO9P. The van der Waals surface area contributed by atoms with E-state index in [1.807, 2.05) is 76.7 Å². The Hall–Kier alpha value is -2.33. The first-order valence-corrected chi connectivity index (χ1v) is 24.6. The minimum absolute atomic E-state index is 0.0505. The van der Waals surface area contributed by atoms with Crippen molar-refractivity contribution in [2.75, 3.05) is 47.5 Å². The largest absolute Gasteiger partial charge is 0.756 e. The zero-order valence-corrected chi connectivity index (χ0v) is 38.9. The molecule has 0 amide bonds. The number of nitrogens with zero attached hydrogens (tertiary/aromatic N) is 1. The highest BCUT2D eigenvalue weighted by molar-refractivity contribution is 7.45. The number of phosphoric acid groups is 1. The number of aliphatic hydroxyl groups is 1. The van der Waals surface area contributed by atoms with Crippen molar-refractivity contribution >= 4 is 19.8 Å². The summed E-state index contributed by atoms with van der Waals surface area (Å²) in [7, 11) is 1.10. The third kappa shape index (κ3) is 43.6. The number of aliphatic hydroxyl groups excluding tert-OH is 1. The Kier molecular flexibility index (Phi) is 38.2. The van der Waals surface area contributed by atoms with Crippen LogP contribution in [0.4, 0.5) is 0 Å². The van der Waals surface area contributed by atoms with Gasteiger partial charge in [-0.15, -0.1) is 0 Å². The summed E-state index contributed by atoms with van der Waals surface area (Å²) in [5, 5.41) is 9.78. The number of carbonyl (C=O) groups excluding carboxylic acids is 2. The number of phosphoric ester groups is 1. The minimum atomic E-state index is -4.65. The molecule has 0 rings (SSSR count). The molecule has 0 spiro atoms. The van der Waals surface area contributed by atoms with Gasteiger partial charge in [0, 0.05) is 12.8 Å². The van der Waals surface area contributed by atoms with Gasteiger partial charge in [0.1, 0.15) is 19.8 Å². The Bertz CT molecular complexity index is 1210. The molecule has 0 aromatic carbocycles. The second-order valence-electron chi connectivity index (χ2n) is 16.6. The molecule has 10 nitrogen and oxygen atoms in total. The van der Waals surface area contributed by atoms with Crippen molar-refractivity contribution in [3.8, 4) is 0 Å². The fourth-order valence-electron chi connectivity index (χ4n) is 6.00. The van der Waals surface area contributed by atoms with Crippen LogP contribution in [0, 0.1) is 0 Å². The van der Waals surface area contributed by atoms with E-state index in [1.54, 1.807) is 0 Å². The first-order chi connectivity index (χ1) is 28.4. The third-order valence-corrected chi connectivity index (χ3v) is 10.6. The molecule has 0 aliphatic heterocycles. The van der Waals surface area contributed by atoms with Crippen molar-refractivity contribution in [3.63, 3.8) is 0 Å². The zero-order valence-electron chi connectivity index (χ0n) is 38.0. The van der Waals surface area contributed by atoms with Gasteiger partial charge in [-0.05, 0) is 44.9 Å². The summed E-state index contributed by atoms with van der Waals surface area (Å²) in [6, 6.07) is 0. The van der Waals surface area contributed by atoms with Gasteiger partial charge in [0.2, 0.25) is 0 Å². The van der Waals surface area contributed by atoms with Gasteiger partial charge >= 0.3 is 11.9 Å². The maximum absolute atomic E-state index is 12.7. The highest BCUT2D eigenvalue weighted by Gasteiger charge is 2.21. The number of ether oxygens (including phenoxy) is 2. The second-order valence-corrected chi connectivity index (χ2v) is 18.0. The van der Waals surface area contributed by atoms with E-state index in [0.29, 0.717) is 30.3 Å². The summed E-state index contributed by atoms with van der Waals surface area (Å²) < 4.78 is 33.8. The Morgan fingerprint density at radius 1 is 0.644 bits per heavy atom. The maximum atomic E-state index is 12.7. The topological polar surface area (TPSA) is 131 Å². The van der Waals surface area contributed by atoms with Crippen molar-refractivity contribution in [2.45, 2.75) is 187 Å². The van der Waals surface area contributed by atoms with Crippen molar-refractivity contribution in [1.82, 2.24) is 0 Å². The summed E-state index contributed by atoms with van der Waals surface area (Å²) in [5.74, 6) is -0.925. The Morgan fingerprint density at radius 3 is 1.75 bits per heavy atom. The molecular weight excluding hydrogens is 766 g/mol. The van der Waals surface area contributed by atoms with Crippen LogP contribution in [0.25, 0.3) is 0 Å². The second kappa shape index (κ2) is 39.8. The molecule has 11 heteroatoms. The van der Waals surface area contributed by atoms with E-state index in [0.717, 1.165) is 38.5 Å². The molecule has 0 saturated carbocycles. The molecule has 59 heavy (non-hydrogen) atoms. The average Bonchev–Trinajstić information content (AvgIpc) is 3.18. The van der Waals surface area contributed by atoms with Crippen LogP contribution in [0.3, 0.4) is 0 Å². The third-order valence-electron chi connectivity index (χ3n) is 9.63. The Balaban J connectivity index is 4.44. The lowest BCUT2D eigenvalue weighted by Gasteiger charge is -2.28. The standard InChI is InChI=1S/C48H86NO9P/c1-6-8-10-11-12-13-14-15-16-17-18-19-23-26-29-32-35-39-47(51)55-43-46(44-57-59(53,54)56-42-41-49(3,4)5)58-48(52)40-36-33-30-27-24-21-20-22-25-28-31-34-38-45(50)37-9-7-2/h9,20-21,25,27-28,30-31,34,37,45-46,50H,6-8,10-19,22-24,26,29,32-33,35-36,38-44H2,1-5H3/b21-20-,28-25-,30-27-,34-31+,37-9-/t45?,46-/m1/s1. The van der Waals surface area contributed by atoms with Crippen LogP contribution in [0.2, 0.25) is 0 Å². The van der Waals surface area contributed by atoms with Crippen LogP contribution in [-0.2, 0) is 32.7 Å². The fraction of sp³-hybridized carbons (Fsp3) is 0.750. The number of allylic oxidation sites excluding steroid dienone is 8. The smallest absolute Gasteiger partial charge is 0.306 e. The summed E-state index contributed by atoms with van der Waals surface area (Å²) in [6.45, 7) is 3.91. The first kappa shape index (κ1) is 56.7. The lowest BCUT2D eigenvalue weighted by atomic mass is 10.0. The van der Waals surface area contributed by atoms with Gasteiger partial charge in [-0.25, -0.2) is 0 Å². The molecule has 0 aliphatic carbocycles. The van der Waals surface area contributed by atoms with Crippen LogP contribution in [0.15, 0.2) is 60.8 Å². The SMILES string of the molecule is CC/C=C\C(O)C/C=C/C=C\C/C=C\C/C=C\CCCC(=O)O[C@H](COC(=O)CCCCCCCCCCCCCCCCCCC)COP(=O)([O-])OCC[N+](C)(C)C. The van der Waals surface area contributed by atoms with Gasteiger partial charge in [-0.1, -0.05) is 177 Å². The van der Waals surface area contributed by atoms with E-state index < -0.39 is 38.6 Å². The predicted molar refractivity (Wildman–Crippen MR) is 242 cm³/mol. The molecule has 0 aromatic rings. The van der Waals surface area contributed by atoms with Gasteiger partial charge in [0.15, 0.2) is 6.10 Å². The fourth-order valence-corrected chi connectivity index (χ4v) is 6.73. The molecule has 2 unspecified atom stereocenters. The van der Waals surface area contributed by atoms with E-state index in [1.165, 1.54) is 89.9 Å². The average molecular weight is 852 g/mol. The molecule has 0 radical (unpaired) electrons. The lowest BCUT2D eigenvalue weighted by molar-refractivity contribution is -0.870. The van der Waals surface area contributed by atoms with Crippen LogP contribution in [0.1, 0.15) is 174 Å². The number of likely N-dealkylation sites (N-methyl/N-ethyl adjacent to an activating group) is 1. The normalized spacial score (nSPS) is 14.6. The Morgan fingerprint density at radius 2 is 1.17 bits per heavy atom. The minimum Gasteiger partial charge on any atom is -0.756 e. The molecule has 0 aromatic heterocycles. The number of carbonyl (C=O) groups is 2. The molecule has 0 fully saturated rings. The number of hydrogen-bond acceptors (Lipinski definition) is 9. The summed E-state index contributed by atoms with van der Waals surface area (Å²) in [5.41, 5.74) is 0. The maximum Gasteiger partial charge on any atom is 0.306 e. The molecule has 0 saturated heterocycles. The lowest BCUT2D eigenvalue weighted by Crippen LogP contribution is -2.37. The van der Waals surface area contributed by atoms with Gasteiger partial charge in [0.25, 0.3) is 7.82 Å². The van der Waals surface area contributed by atoms with E-state index in [-0.39, 0.29) is 26.1 Å². The number of unbranched alkanes of at least 4 members (excludes halogenated alkanes) is 17. The molecule has 0 aliphatic rings. The summed E-state index contributed by atoms with van der Waals surface area (Å²) in [4.78, 5) is 37.6. The van der Waals surface area contributed by atoms with E-state index in [4.69, 9.17) is 18.5 Å². The molecule has 3 atom stereocenters. The number of esters is 2. The summed E-state index contributed by atoms with van der Waals surface area (Å²) in [6.07, 6.45) is 44.5. The first-order valence-electron chi connectivity index (χ1n) is 23.1. The molecule has 0 heterocycles. The van der Waals surface area contributed by atoms with E-state index in [2.05, 4.69) is 19.1 Å². The highest BCUT2D eigenvalue weighted by atomic mass is 31.2. The molecule has 1 N–H and O–H groups in total. The van der Waals surface area contributed by atoms with Gasteiger partial charge in [-0.3, -0.25) is 14.2 Å². The van der Waals surface area contributed by atoms with Crippen LogP contribution in [-0.4, -0.2) is 81.2 Å². The molecule has 342 valence electrons. The predicted octanol–water partition coefficient (Wildman–Crippen LogP) is 11.6. The van der Waals surface area contributed by atoms with Gasteiger partial charge < -0.3 is 33.0 Å². The van der Waals surface area contributed by atoms with Crippen molar-refractivity contribution in [3.05, 3.63) is 60.8 Å². The number of hydrogen-bond donors (Lipinski definition) is 1. The monoisotopic (exact) mass is 852 g/mol. The van der Waals surface area contributed by atoms with Crippen molar-refractivity contribution in [1.29, 1.82) is 0 Å². The van der Waals surface area contributed by atoms with E-state index in [9.17, 15) is 24.2 Å². The molecule has 0 bridgehead atoms. The Labute approximate surface area is 360 Å². The van der Waals surface area contributed by atoms with E-state index >= 15 is 0 Å². The number of quaternary nitrogens is 1. The van der Waals surface area contributed by atoms with Crippen molar-refractivity contribution in [2.24, 2.45) is 0 Å². The zero-order chi connectivity index (χ0) is 43.7.